The van der Waals surface area contributed by atoms with Gasteiger partial charge in [-0.1, -0.05) is 70.7 Å². The van der Waals surface area contributed by atoms with Gasteiger partial charge in [0.05, 0.1) is 0 Å². The van der Waals surface area contributed by atoms with E-state index in [0.717, 1.165) is 23.7 Å². The van der Waals surface area contributed by atoms with E-state index in [1.165, 1.54) is 37.7 Å². The van der Waals surface area contributed by atoms with Crippen molar-refractivity contribution in [3.63, 3.8) is 0 Å². The Hall–Kier alpha value is -0.780. The molecule has 0 nitrogen and oxygen atoms in total. The minimum absolute atomic E-state index is 0.754. The molecule has 0 N–H and O–H groups in total. The Kier molecular flexibility index (Phi) is 5.29. The molecule has 0 spiro atoms. The lowest BCUT2D eigenvalue weighted by Crippen LogP contribution is -2.19. The van der Waals surface area contributed by atoms with Crippen LogP contribution in [0, 0.1) is 18.8 Å². The zero-order valence-corrected chi connectivity index (χ0v) is 14.1. The van der Waals surface area contributed by atoms with E-state index in [1.807, 2.05) is 0 Å². The third-order valence-electron chi connectivity index (χ3n) is 5.21. The maximum Gasteiger partial charge on any atom is -0.0133 e. The highest BCUT2D eigenvalue weighted by molar-refractivity contribution is 5.38. The van der Waals surface area contributed by atoms with Gasteiger partial charge in [-0.15, -0.1) is 0 Å². The van der Waals surface area contributed by atoms with E-state index in [2.05, 4.69) is 52.8 Å². The Morgan fingerprint density at radius 3 is 2.50 bits per heavy atom. The third kappa shape index (κ3) is 3.65. The molecule has 112 valence electrons. The van der Waals surface area contributed by atoms with Crippen LogP contribution >= 0.6 is 0 Å². The van der Waals surface area contributed by atoms with Crippen molar-refractivity contribution in [3.05, 3.63) is 34.9 Å². The van der Waals surface area contributed by atoms with E-state index in [4.69, 9.17) is 0 Å². The maximum atomic E-state index is 2.48. The van der Waals surface area contributed by atoms with Gasteiger partial charge in [0.2, 0.25) is 0 Å². The van der Waals surface area contributed by atoms with Crippen molar-refractivity contribution in [1.29, 1.82) is 0 Å². The van der Waals surface area contributed by atoms with Crippen LogP contribution in [0.3, 0.4) is 0 Å². The minimum atomic E-state index is 0.754. The van der Waals surface area contributed by atoms with Gasteiger partial charge < -0.3 is 0 Å². The van der Waals surface area contributed by atoms with Gasteiger partial charge in [0.25, 0.3) is 0 Å². The third-order valence-corrected chi connectivity index (χ3v) is 5.21. The van der Waals surface area contributed by atoms with Crippen LogP contribution in [0.2, 0.25) is 0 Å². The number of hydrogen-bond acceptors (Lipinski definition) is 0. The largest absolute Gasteiger partial charge is 0.0628 e. The molecule has 0 aliphatic heterocycles. The number of fused-ring (bicyclic) bond motifs is 1. The summed E-state index contributed by atoms with van der Waals surface area (Å²) in [4.78, 5) is 0. The molecule has 0 bridgehead atoms. The van der Waals surface area contributed by atoms with Crippen molar-refractivity contribution in [2.24, 2.45) is 11.8 Å². The quantitative estimate of drug-likeness (QED) is 0.578. The standard InChI is InChI=1S/C20H32/c1-14(2)7-6-8-16(4)19-12-10-17(5)18-11-9-15(3)13-20(18)19/h9,11,13-14,16-17,19H,6-8,10,12H2,1-5H3. The molecular formula is C20H32. The average molecular weight is 272 g/mol. The zero-order chi connectivity index (χ0) is 14.7. The topological polar surface area (TPSA) is 0 Å². The fourth-order valence-electron chi connectivity index (χ4n) is 3.84. The summed E-state index contributed by atoms with van der Waals surface area (Å²) in [6, 6.07) is 7.15. The summed E-state index contributed by atoms with van der Waals surface area (Å²) < 4.78 is 0. The summed E-state index contributed by atoms with van der Waals surface area (Å²) in [7, 11) is 0. The van der Waals surface area contributed by atoms with Crippen LogP contribution in [-0.2, 0) is 0 Å². The SMILES string of the molecule is Cc1ccc2c(c1)C(C(C)CCCC(C)C)CCC2C. The summed E-state index contributed by atoms with van der Waals surface area (Å²) in [6.45, 7) is 11.8. The highest BCUT2D eigenvalue weighted by atomic mass is 14.3. The summed E-state index contributed by atoms with van der Waals surface area (Å²) in [6.07, 6.45) is 6.93. The van der Waals surface area contributed by atoms with E-state index in [0.29, 0.717) is 0 Å². The van der Waals surface area contributed by atoms with Crippen molar-refractivity contribution in [2.45, 2.75) is 78.6 Å². The van der Waals surface area contributed by atoms with Crippen molar-refractivity contribution in [2.75, 3.05) is 0 Å². The molecule has 0 fully saturated rings. The van der Waals surface area contributed by atoms with Gasteiger partial charge in [0, 0.05) is 0 Å². The predicted molar refractivity (Wildman–Crippen MR) is 89.4 cm³/mol. The van der Waals surface area contributed by atoms with Crippen LogP contribution in [0.1, 0.15) is 88.3 Å². The molecule has 1 aliphatic carbocycles. The number of rotatable bonds is 5. The minimum Gasteiger partial charge on any atom is -0.0628 e. The monoisotopic (exact) mass is 272 g/mol. The molecule has 0 aromatic heterocycles. The van der Waals surface area contributed by atoms with Crippen molar-refractivity contribution < 1.29 is 0 Å². The van der Waals surface area contributed by atoms with E-state index in [1.54, 1.807) is 11.1 Å². The fourth-order valence-corrected chi connectivity index (χ4v) is 3.84. The second-order valence-corrected chi connectivity index (χ2v) is 7.52. The molecule has 1 aliphatic rings. The lowest BCUT2D eigenvalue weighted by atomic mass is 9.71. The molecule has 0 heteroatoms. The lowest BCUT2D eigenvalue weighted by molar-refractivity contribution is 0.351. The van der Waals surface area contributed by atoms with E-state index in [9.17, 15) is 0 Å². The van der Waals surface area contributed by atoms with E-state index >= 15 is 0 Å². The van der Waals surface area contributed by atoms with E-state index < -0.39 is 0 Å². The second kappa shape index (κ2) is 6.78. The first-order valence-electron chi connectivity index (χ1n) is 8.59. The Morgan fingerprint density at radius 2 is 1.80 bits per heavy atom. The van der Waals surface area contributed by atoms with Gasteiger partial charge in [-0.25, -0.2) is 0 Å². The molecule has 1 aromatic carbocycles. The molecule has 0 heterocycles. The van der Waals surface area contributed by atoms with Crippen molar-refractivity contribution >= 4 is 0 Å². The second-order valence-electron chi connectivity index (χ2n) is 7.52. The van der Waals surface area contributed by atoms with Crippen LogP contribution in [-0.4, -0.2) is 0 Å². The van der Waals surface area contributed by atoms with Crippen LogP contribution in [0.4, 0.5) is 0 Å². The summed E-state index contributed by atoms with van der Waals surface area (Å²) in [5, 5.41) is 0. The molecule has 3 atom stereocenters. The molecule has 20 heavy (non-hydrogen) atoms. The molecule has 3 unspecified atom stereocenters. The maximum absolute atomic E-state index is 2.48. The molecule has 0 saturated carbocycles. The smallest absolute Gasteiger partial charge is 0.0133 e. The van der Waals surface area contributed by atoms with Gasteiger partial charge >= 0.3 is 0 Å². The van der Waals surface area contributed by atoms with Gasteiger partial charge in [-0.2, -0.15) is 0 Å². The predicted octanol–water partition coefficient (Wildman–Crippen LogP) is 6.44. The Labute approximate surface area is 126 Å². The van der Waals surface area contributed by atoms with Crippen LogP contribution in [0.15, 0.2) is 18.2 Å². The van der Waals surface area contributed by atoms with Crippen LogP contribution in [0.5, 0.6) is 0 Å². The first kappa shape index (κ1) is 15.6. The summed E-state index contributed by atoms with van der Waals surface area (Å²) in [5.41, 5.74) is 4.72. The average Bonchev–Trinajstić information content (AvgIpc) is 2.38. The van der Waals surface area contributed by atoms with Crippen molar-refractivity contribution in [3.8, 4) is 0 Å². The first-order chi connectivity index (χ1) is 9.49. The van der Waals surface area contributed by atoms with Gasteiger partial charge in [0.15, 0.2) is 0 Å². The van der Waals surface area contributed by atoms with E-state index in [-0.39, 0.29) is 0 Å². The van der Waals surface area contributed by atoms with Crippen LogP contribution < -0.4 is 0 Å². The molecule has 0 amide bonds. The molecule has 1 aromatic rings. The van der Waals surface area contributed by atoms with Gasteiger partial charge in [-0.05, 0) is 54.6 Å². The molecule has 0 radical (unpaired) electrons. The Balaban J connectivity index is 2.09. The molecular weight excluding hydrogens is 240 g/mol. The van der Waals surface area contributed by atoms with Gasteiger partial charge in [0.1, 0.15) is 0 Å². The highest BCUT2D eigenvalue weighted by Gasteiger charge is 2.28. The Bertz CT molecular complexity index is 430. The number of benzene rings is 1. The highest BCUT2D eigenvalue weighted by Crippen LogP contribution is 2.43. The molecule has 0 saturated heterocycles. The number of aryl methyl sites for hydroxylation is 1. The Morgan fingerprint density at radius 1 is 1.05 bits per heavy atom. The summed E-state index contributed by atoms with van der Waals surface area (Å²) in [5.74, 6) is 3.24. The fraction of sp³-hybridized carbons (Fsp3) is 0.700. The van der Waals surface area contributed by atoms with Crippen LogP contribution in [0.25, 0.3) is 0 Å². The lowest BCUT2D eigenvalue weighted by Gasteiger charge is -2.34. The van der Waals surface area contributed by atoms with Gasteiger partial charge in [-0.3, -0.25) is 0 Å². The zero-order valence-electron chi connectivity index (χ0n) is 14.1. The summed E-state index contributed by atoms with van der Waals surface area (Å²) >= 11 is 0. The normalized spacial score (nSPS) is 23.7. The first-order valence-corrected chi connectivity index (χ1v) is 8.59. The molecule has 2 rings (SSSR count). The number of hydrogen-bond donors (Lipinski definition) is 0. The van der Waals surface area contributed by atoms with Crippen molar-refractivity contribution in [1.82, 2.24) is 0 Å².